The predicted octanol–water partition coefficient (Wildman–Crippen LogP) is 5.23. The molecule has 0 aromatic heterocycles. The summed E-state index contributed by atoms with van der Waals surface area (Å²) in [6.45, 7) is 0.649. The van der Waals surface area contributed by atoms with Crippen LogP contribution < -0.4 is 15.4 Å². The molecule has 3 nitrogen and oxygen atoms in total. The van der Waals surface area contributed by atoms with Crippen molar-refractivity contribution >= 4 is 16.9 Å². The van der Waals surface area contributed by atoms with Crippen molar-refractivity contribution < 1.29 is 9.13 Å². The number of rotatable bonds is 4. The summed E-state index contributed by atoms with van der Waals surface area (Å²) in [5, 5.41) is 0. The number of ether oxygens (including phenoxy) is 1. The lowest BCUT2D eigenvalue weighted by molar-refractivity contribution is 0.445. The Hall–Kier alpha value is -3.53. The Morgan fingerprint density at radius 1 is 0.889 bits per heavy atom. The van der Waals surface area contributed by atoms with Crippen LogP contribution in [0.5, 0.6) is 5.75 Å². The maximum Gasteiger partial charge on any atom is 0.134 e. The van der Waals surface area contributed by atoms with Gasteiger partial charge in [0.1, 0.15) is 17.3 Å². The van der Waals surface area contributed by atoms with E-state index in [9.17, 15) is 4.39 Å². The summed E-state index contributed by atoms with van der Waals surface area (Å²) < 4.78 is 19.5. The smallest absolute Gasteiger partial charge is 0.134 e. The maximum atomic E-state index is 13.4. The normalized spacial score (nSPS) is 13.7. The molecular weight excluding hydrogens is 339 g/mol. The summed E-state index contributed by atoms with van der Waals surface area (Å²) in [7, 11) is 0. The fourth-order valence-electron chi connectivity index (χ4n) is 3.01. The summed E-state index contributed by atoms with van der Waals surface area (Å²) in [6.07, 6.45) is 4.04. The van der Waals surface area contributed by atoms with E-state index in [4.69, 9.17) is 10.5 Å². The fraction of sp³-hybridized carbons (Fsp3) is 0.0435. The molecule has 4 rings (SSSR count). The van der Waals surface area contributed by atoms with Gasteiger partial charge in [-0.3, -0.25) is 0 Å². The van der Waals surface area contributed by atoms with Crippen LogP contribution in [0.1, 0.15) is 5.56 Å². The summed E-state index contributed by atoms with van der Waals surface area (Å²) in [5.41, 5.74) is 9.39. The van der Waals surface area contributed by atoms with Gasteiger partial charge in [0.2, 0.25) is 0 Å². The van der Waals surface area contributed by atoms with E-state index in [0.29, 0.717) is 12.2 Å². The van der Waals surface area contributed by atoms with E-state index < -0.39 is 0 Å². The molecule has 0 radical (unpaired) electrons. The van der Waals surface area contributed by atoms with Gasteiger partial charge in [-0.05, 0) is 54.1 Å². The summed E-state index contributed by atoms with van der Waals surface area (Å²) in [6, 6.07) is 23.8. The molecular formula is C23H19FN2O. The first-order valence-electron chi connectivity index (χ1n) is 8.72. The molecule has 0 saturated heterocycles. The van der Waals surface area contributed by atoms with E-state index in [-0.39, 0.29) is 5.82 Å². The molecule has 3 aromatic rings. The quantitative estimate of drug-likeness (QED) is 0.649. The van der Waals surface area contributed by atoms with Crippen LogP contribution in [0.15, 0.2) is 96.9 Å². The van der Waals surface area contributed by atoms with Gasteiger partial charge in [0, 0.05) is 29.7 Å². The third-order valence-electron chi connectivity index (χ3n) is 4.35. The van der Waals surface area contributed by atoms with Gasteiger partial charge in [-0.15, -0.1) is 0 Å². The third kappa shape index (κ3) is 3.85. The number of nitrogens with two attached hydrogens (primary N) is 1. The number of hydrogen-bond acceptors (Lipinski definition) is 3. The minimum atomic E-state index is -0.266. The van der Waals surface area contributed by atoms with Crippen molar-refractivity contribution in [2.75, 3.05) is 17.2 Å². The largest absolute Gasteiger partial charge is 0.457 e. The highest BCUT2D eigenvalue weighted by molar-refractivity contribution is 5.81. The average molecular weight is 358 g/mol. The molecule has 1 aliphatic rings. The Balaban J connectivity index is 1.71. The van der Waals surface area contributed by atoms with Crippen molar-refractivity contribution in [2.24, 2.45) is 0 Å². The number of anilines is 2. The van der Waals surface area contributed by atoms with Crippen LogP contribution in [-0.4, -0.2) is 6.54 Å². The van der Waals surface area contributed by atoms with E-state index in [1.807, 2.05) is 66.9 Å². The molecule has 0 unspecified atom stereocenters. The molecule has 2 N–H and O–H groups in total. The average Bonchev–Trinajstić information content (AvgIpc) is 2.70. The number of allylic oxidation sites excluding steroid dienone is 1. The molecule has 0 atom stereocenters. The van der Waals surface area contributed by atoms with Crippen molar-refractivity contribution in [3.63, 3.8) is 0 Å². The van der Waals surface area contributed by atoms with Gasteiger partial charge < -0.3 is 15.4 Å². The minimum absolute atomic E-state index is 0.266. The Morgan fingerprint density at radius 3 is 2.41 bits per heavy atom. The first-order chi connectivity index (χ1) is 13.2. The number of hydrogen-bond donors (Lipinski definition) is 1. The Bertz CT molecular complexity index is 994. The van der Waals surface area contributed by atoms with Crippen LogP contribution in [0.3, 0.4) is 0 Å². The van der Waals surface area contributed by atoms with Gasteiger partial charge in [0.05, 0.1) is 0 Å². The van der Waals surface area contributed by atoms with Gasteiger partial charge in [-0.25, -0.2) is 4.39 Å². The van der Waals surface area contributed by atoms with Crippen molar-refractivity contribution in [3.8, 4) is 5.75 Å². The zero-order valence-corrected chi connectivity index (χ0v) is 14.7. The van der Waals surface area contributed by atoms with Gasteiger partial charge in [-0.2, -0.15) is 0 Å². The molecule has 0 fully saturated rings. The molecule has 0 bridgehead atoms. The second kappa shape index (κ2) is 7.38. The highest BCUT2D eigenvalue weighted by Gasteiger charge is 2.18. The van der Waals surface area contributed by atoms with Gasteiger partial charge in [-0.1, -0.05) is 36.4 Å². The molecule has 0 amide bonds. The zero-order chi connectivity index (χ0) is 18.6. The highest BCUT2D eigenvalue weighted by atomic mass is 19.1. The second-order valence-electron chi connectivity index (χ2n) is 6.28. The van der Waals surface area contributed by atoms with E-state index in [0.717, 1.165) is 28.3 Å². The molecule has 4 heteroatoms. The Labute approximate surface area is 157 Å². The maximum absolute atomic E-state index is 13.4. The summed E-state index contributed by atoms with van der Waals surface area (Å²) >= 11 is 0. The number of nitrogen functional groups attached to an aromatic ring is 1. The minimum Gasteiger partial charge on any atom is -0.457 e. The summed E-state index contributed by atoms with van der Waals surface area (Å²) in [4.78, 5) is 2.09. The van der Waals surface area contributed by atoms with Crippen LogP contribution in [0.4, 0.5) is 15.8 Å². The molecule has 1 heterocycles. The number of halogens is 1. The van der Waals surface area contributed by atoms with E-state index in [2.05, 4.69) is 4.90 Å². The fourth-order valence-corrected chi connectivity index (χ4v) is 3.01. The van der Waals surface area contributed by atoms with Crippen LogP contribution in [0.2, 0.25) is 0 Å². The molecule has 27 heavy (non-hydrogen) atoms. The zero-order valence-electron chi connectivity index (χ0n) is 14.7. The van der Waals surface area contributed by atoms with Gasteiger partial charge >= 0.3 is 0 Å². The third-order valence-corrected chi connectivity index (χ3v) is 4.35. The first kappa shape index (κ1) is 16.9. The first-order valence-corrected chi connectivity index (χ1v) is 8.72. The van der Waals surface area contributed by atoms with Crippen LogP contribution in [-0.2, 0) is 0 Å². The predicted molar refractivity (Wildman–Crippen MR) is 108 cm³/mol. The van der Waals surface area contributed by atoms with E-state index >= 15 is 0 Å². The SMILES string of the molecule is Nc1cccc(N2C=C(c3ccc(F)cc3)C(Oc3ccccc3)=CC2)c1. The van der Waals surface area contributed by atoms with Crippen molar-refractivity contribution in [1.29, 1.82) is 0 Å². The van der Waals surface area contributed by atoms with E-state index in [1.54, 1.807) is 12.1 Å². The molecule has 0 aliphatic carbocycles. The van der Waals surface area contributed by atoms with Crippen molar-refractivity contribution in [3.05, 3.63) is 108 Å². The monoisotopic (exact) mass is 358 g/mol. The molecule has 3 aromatic carbocycles. The van der Waals surface area contributed by atoms with Crippen LogP contribution >= 0.6 is 0 Å². The van der Waals surface area contributed by atoms with Crippen LogP contribution in [0, 0.1) is 5.82 Å². The molecule has 0 spiro atoms. The topological polar surface area (TPSA) is 38.5 Å². The molecule has 134 valence electrons. The Kier molecular flexibility index (Phi) is 4.62. The summed E-state index contributed by atoms with van der Waals surface area (Å²) in [5.74, 6) is 1.24. The molecule has 1 aliphatic heterocycles. The van der Waals surface area contributed by atoms with Gasteiger partial charge in [0.15, 0.2) is 0 Å². The van der Waals surface area contributed by atoms with Crippen molar-refractivity contribution in [2.45, 2.75) is 0 Å². The highest BCUT2D eigenvalue weighted by Crippen LogP contribution is 2.32. The van der Waals surface area contributed by atoms with Gasteiger partial charge in [0.25, 0.3) is 0 Å². The lowest BCUT2D eigenvalue weighted by Crippen LogP contribution is -2.22. The number of para-hydroxylation sites is 1. The van der Waals surface area contributed by atoms with Crippen LogP contribution in [0.25, 0.3) is 5.57 Å². The van der Waals surface area contributed by atoms with E-state index in [1.165, 1.54) is 12.1 Å². The standard InChI is InChI=1S/C23H19FN2O/c24-18-11-9-17(10-12-18)22-16-26(20-6-4-5-19(25)15-20)14-13-23(22)27-21-7-2-1-3-8-21/h1-13,15-16H,14,25H2. The lowest BCUT2D eigenvalue weighted by Gasteiger charge is -2.27. The van der Waals surface area contributed by atoms with Crippen molar-refractivity contribution in [1.82, 2.24) is 0 Å². The Morgan fingerprint density at radius 2 is 1.67 bits per heavy atom. The second-order valence-corrected chi connectivity index (χ2v) is 6.28. The molecule has 0 saturated carbocycles. The number of nitrogens with zero attached hydrogens (tertiary/aromatic N) is 1. The lowest BCUT2D eigenvalue weighted by atomic mass is 10.0. The number of benzene rings is 3.